The Morgan fingerprint density at radius 3 is 2.61 bits per heavy atom. The molecule has 23 heavy (non-hydrogen) atoms. The highest BCUT2D eigenvalue weighted by atomic mass is 19.1. The molecular weight excluding hydrogens is 295 g/mol. The molecule has 1 aromatic rings. The Kier molecular flexibility index (Phi) is 6.99. The van der Waals surface area contributed by atoms with E-state index in [0.29, 0.717) is 17.9 Å². The van der Waals surface area contributed by atoms with Crippen molar-refractivity contribution in [2.45, 2.75) is 38.7 Å². The van der Waals surface area contributed by atoms with E-state index in [1.165, 1.54) is 30.7 Å². The number of halogens is 1. The summed E-state index contributed by atoms with van der Waals surface area (Å²) in [6.45, 7) is 5.64. The number of hydrogen-bond donors (Lipinski definition) is 2. The average Bonchev–Trinajstić information content (AvgIpc) is 2.55. The van der Waals surface area contributed by atoms with Gasteiger partial charge in [0.2, 0.25) is 5.91 Å². The largest absolute Gasteiger partial charge is 0.387 e. The molecule has 1 heterocycles. The fourth-order valence-electron chi connectivity index (χ4n) is 3.08. The maximum absolute atomic E-state index is 12.8. The number of amides is 1. The molecule has 1 atom stereocenters. The Balaban J connectivity index is 1.68. The van der Waals surface area contributed by atoms with Crippen molar-refractivity contribution in [1.29, 1.82) is 0 Å². The molecule has 1 amide bonds. The summed E-state index contributed by atoms with van der Waals surface area (Å²) in [6.07, 6.45) is 3.02. The predicted octanol–water partition coefficient (Wildman–Crippen LogP) is 2.49. The monoisotopic (exact) mass is 322 g/mol. The Labute approximate surface area is 137 Å². The van der Waals surface area contributed by atoms with E-state index in [9.17, 15) is 14.3 Å². The Bertz CT molecular complexity index is 484. The van der Waals surface area contributed by atoms with Gasteiger partial charge in [-0.25, -0.2) is 4.39 Å². The van der Waals surface area contributed by atoms with Crippen LogP contribution in [-0.2, 0) is 4.79 Å². The van der Waals surface area contributed by atoms with Gasteiger partial charge >= 0.3 is 0 Å². The molecule has 0 spiro atoms. The molecule has 2 N–H and O–H groups in total. The third kappa shape index (κ3) is 5.92. The number of aliphatic hydroxyl groups excluding tert-OH is 1. The van der Waals surface area contributed by atoms with Crippen molar-refractivity contribution in [3.8, 4) is 0 Å². The van der Waals surface area contributed by atoms with E-state index in [4.69, 9.17) is 0 Å². The molecule has 0 saturated carbocycles. The Hall–Kier alpha value is -1.46. The number of carbonyl (C=O) groups excluding carboxylic acids is 1. The van der Waals surface area contributed by atoms with Crippen LogP contribution in [0, 0.1) is 11.7 Å². The molecule has 0 radical (unpaired) electrons. The van der Waals surface area contributed by atoms with Crippen molar-refractivity contribution in [3.63, 3.8) is 0 Å². The van der Waals surface area contributed by atoms with Gasteiger partial charge in [0.15, 0.2) is 0 Å². The van der Waals surface area contributed by atoms with Crippen molar-refractivity contribution < 1.29 is 14.3 Å². The highest BCUT2D eigenvalue weighted by molar-refractivity contribution is 5.76. The first-order valence-electron chi connectivity index (χ1n) is 8.51. The topological polar surface area (TPSA) is 52.6 Å². The Morgan fingerprint density at radius 2 is 2.00 bits per heavy atom. The quantitative estimate of drug-likeness (QED) is 0.811. The minimum Gasteiger partial charge on any atom is -0.387 e. The Morgan fingerprint density at radius 1 is 1.35 bits per heavy atom. The lowest BCUT2D eigenvalue weighted by molar-refractivity contribution is -0.122. The number of nitrogens with one attached hydrogen (secondary N) is 1. The number of nitrogens with zero attached hydrogens (tertiary/aromatic N) is 1. The minimum atomic E-state index is -0.800. The molecule has 1 saturated heterocycles. The highest BCUT2D eigenvalue weighted by Crippen LogP contribution is 2.20. The number of likely N-dealkylation sites (tertiary alicyclic amines) is 1. The smallest absolute Gasteiger partial charge is 0.220 e. The lowest BCUT2D eigenvalue weighted by Crippen LogP contribution is -2.36. The molecule has 1 aliphatic rings. The second-order valence-corrected chi connectivity index (χ2v) is 6.36. The summed E-state index contributed by atoms with van der Waals surface area (Å²) in [7, 11) is 0. The molecule has 4 nitrogen and oxygen atoms in total. The van der Waals surface area contributed by atoms with Gasteiger partial charge in [-0.2, -0.15) is 0 Å². The third-order valence-corrected chi connectivity index (χ3v) is 4.47. The van der Waals surface area contributed by atoms with Gasteiger partial charge in [0, 0.05) is 13.0 Å². The summed E-state index contributed by atoms with van der Waals surface area (Å²) >= 11 is 0. The van der Waals surface area contributed by atoms with Crippen LogP contribution < -0.4 is 5.32 Å². The summed E-state index contributed by atoms with van der Waals surface area (Å²) < 4.78 is 12.8. The highest BCUT2D eigenvalue weighted by Gasteiger charge is 2.21. The number of rotatable bonds is 7. The normalized spacial score (nSPS) is 17.9. The molecule has 0 aromatic heterocycles. The zero-order valence-electron chi connectivity index (χ0n) is 13.8. The summed E-state index contributed by atoms with van der Waals surface area (Å²) in [5.41, 5.74) is 0.611. The van der Waals surface area contributed by atoms with E-state index in [2.05, 4.69) is 17.1 Å². The van der Waals surface area contributed by atoms with Gasteiger partial charge in [0.05, 0.1) is 6.10 Å². The molecule has 2 rings (SSSR count). The lowest BCUT2D eigenvalue weighted by Gasteiger charge is -2.31. The zero-order valence-corrected chi connectivity index (χ0v) is 13.8. The second-order valence-electron chi connectivity index (χ2n) is 6.36. The van der Waals surface area contributed by atoms with Crippen LogP contribution in [0.25, 0.3) is 0 Å². The van der Waals surface area contributed by atoms with Crippen molar-refractivity contribution in [3.05, 3.63) is 35.6 Å². The van der Waals surface area contributed by atoms with E-state index < -0.39 is 6.10 Å². The first-order chi connectivity index (χ1) is 11.1. The zero-order chi connectivity index (χ0) is 16.7. The second kappa shape index (κ2) is 8.99. The molecule has 0 bridgehead atoms. The maximum atomic E-state index is 12.8. The van der Waals surface area contributed by atoms with Gasteiger partial charge in [-0.15, -0.1) is 0 Å². The van der Waals surface area contributed by atoms with E-state index in [-0.39, 0.29) is 18.3 Å². The van der Waals surface area contributed by atoms with E-state index in [1.807, 2.05) is 0 Å². The van der Waals surface area contributed by atoms with Gasteiger partial charge in [-0.3, -0.25) is 4.79 Å². The molecule has 1 aromatic carbocycles. The van der Waals surface area contributed by atoms with Crippen LogP contribution in [0.3, 0.4) is 0 Å². The van der Waals surface area contributed by atoms with Crippen LogP contribution in [0.15, 0.2) is 24.3 Å². The van der Waals surface area contributed by atoms with Gasteiger partial charge in [0.25, 0.3) is 0 Å². The van der Waals surface area contributed by atoms with Crippen LogP contribution in [0.2, 0.25) is 0 Å². The molecule has 1 aliphatic heterocycles. The van der Waals surface area contributed by atoms with Crippen LogP contribution in [0.1, 0.15) is 44.3 Å². The summed E-state index contributed by atoms with van der Waals surface area (Å²) in [5.74, 6) is 0.0885. The fourth-order valence-corrected chi connectivity index (χ4v) is 3.08. The van der Waals surface area contributed by atoms with Crippen LogP contribution in [-0.4, -0.2) is 42.1 Å². The summed E-state index contributed by atoms with van der Waals surface area (Å²) in [4.78, 5) is 14.5. The number of benzene rings is 1. The van der Waals surface area contributed by atoms with Crippen LogP contribution >= 0.6 is 0 Å². The standard InChI is InChI=1S/C18H27FN2O2/c1-2-9-21-10-7-14(8-11-21)12-18(23)20-13-17(22)15-3-5-16(19)6-4-15/h3-6,14,17,22H,2,7-13H2,1H3,(H,20,23)/t17-/m0/s1. The third-order valence-electron chi connectivity index (χ3n) is 4.47. The molecular formula is C18H27FN2O2. The first kappa shape index (κ1) is 17.9. The van der Waals surface area contributed by atoms with Crippen LogP contribution in [0.5, 0.6) is 0 Å². The number of hydrogen-bond acceptors (Lipinski definition) is 3. The lowest BCUT2D eigenvalue weighted by atomic mass is 9.93. The first-order valence-corrected chi connectivity index (χ1v) is 8.51. The number of carbonyl (C=O) groups is 1. The molecule has 0 aliphatic carbocycles. The van der Waals surface area contributed by atoms with Crippen molar-refractivity contribution >= 4 is 5.91 Å². The SMILES string of the molecule is CCCN1CCC(CC(=O)NC[C@H](O)c2ccc(F)cc2)CC1. The number of aliphatic hydroxyl groups is 1. The minimum absolute atomic E-state index is 0.0138. The molecule has 5 heteroatoms. The van der Waals surface area contributed by atoms with E-state index in [1.54, 1.807) is 0 Å². The summed E-state index contributed by atoms with van der Waals surface area (Å²) in [6, 6.07) is 5.69. The van der Waals surface area contributed by atoms with Crippen molar-refractivity contribution in [2.75, 3.05) is 26.2 Å². The predicted molar refractivity (Wildman–Crippen MR) is 88.4 cm³/mol. The molecule has 128 valence electrons. The van der Waals surface area contributed by atoms with Gasteiger partial charge in [-0.1, -0.05) is 19.1 Å². The molecule has 0 unspecified atom stereocenters. The van der Waals surface area contributed by atoms with Gasteiger partial charge < -0.3 is 15.3 Å². The molecule has 1 fully saturated rings. The fraction of sp³-hybridized carbons (Fsp3) is 0.611. The number of piperidine rings is 1. The van der Waals surface area contributed by atoms with Crippen molar-refractivity contribution in [2.24, 2.45) is 5.92 Å². The maximum Gasteiger partial charge on any atom is 0.220 e. The average molecular weight is 322 g/mol. The summed E-state index contributed by atoms with van der Waals surface area (Å²) in [5, 5.41) is 12.8. The van der Waals surface area contributed by atoms with Crippen LogP contribution in [0.4, 0.5) is 4.39 Å². The van der Waals surface area contributed by atoms with Gasteiger partial charge in [0.1, 0.15) is 5.82 Å². The van der Waals surface area contributed by atoms with E-state index in [0.717, 1.165) is 32.5 Å². The van der Waals surface area contributed by atoms with Crippen molar-refractivity contribution in [1.82, 2.24) is 10.2 Å². The van der Waals surface area contributed by atoms with Gasteiger partial charge in [-0.05, 0) is 62.5 Å². The van der Waals surface area contributed by atoms with E-state index >= 15 is 0 Å².